The lowest BCUT2D eigenvalue weighted by Gasteiger charge is -2.23. The van der Waals surface area contributed by atoms with E-state index in [1.54, 1.807) is 7.11 Å². The Morgan fingerprint density at radius 3 is 2.19 bits per heavy atom. The van der Waals surface area contributed by atoms with E-state index in [0.29, 0.717) is 11.7 Å². The molecule has 2 aromatic rings. The second-order valence-electron chi connectivity index (χ2n) is 6.20. The van der Waals surface area contributed by atoms with Crippen LogP contribution >= 0.6 is 12.2 Å². The van der Waals surface area contributed by atoms with Crippen molar-refractivity contribution in [1.82, 2.24) is 5.32 Å². The summed E-state index contributed by atoms with van der Waals surface area (Å²) in [6, 6.07) is 16.2. The summed E-state index contributed by atoms with van der Waals surface area (Å²) in [5.41, 5.74) is 2.17. The van der Waals surface area contributed by atoms with E-state index in [4.69, 9.17) is 21.7 Å². The maximum Gasteiger partial charge on any atom is 0.171 e. The fourth-order valence-corrected chi connectivity index (χ4v) is 2.86. The molecule has 26 heavy (non-hydrogen) atoms. The molecule has 0 saturated heterocycles. The van der Waals surface area contributed by atoms with E-state index in [1.165, 1.54) is 10.5 Å². The van der Waals surface area contributed by atoms with Gasteiger partial charge in [-0.25, -0.2) is 0 Å². The molecule has 5 nitrogen and oxygen atoms in total. The summed E-state index contributed by atoms with van der Waals surface area (Å²) in [7, 11) is 5.95. The van der Waals surface area contributed by atoms with Crippen molar-refractivity contribution in [2.75, 3.05) is 39.7 Å². The van der Waals surface area contributed by atoms with Gasteiger partial charge in [-0.1, -0.05) is 0 Å². The van der Waals surface area contributed by atoms with Gasteiger partial charge in [0, 0.05) is 11.3 Å². The lowest BCUT2D eigenvalue weighted by molar-refractivity contribution is -0.890. The minimum atomic E-state index is 0.279. The average Bonchev–Trinajstić information content (AvgIpc) is 2.64. The lowest BCUT2D eigenvalue weighted by atomic mass is 10.1. The van der Waals surface area contributed by atoms with Gasteiger partial charge in [0.2, 0.25) is 0 Å². The first kappa shape index (κ1) is 20.0. The van der Waals surface area contributed by atoms with Gasteiger partial charge >= 0.3 is 0 Å². The molecule has 0 bridgehead atoms. The van der Waals surface area contributed by atoms with E-state index in [2.05, 4.69) is 36.9 Å². The zero-order valence-electron chi connectivity index (χ0n) is 15.8. The van der Waals surface area contributed by atoms with Crippen molar-refractivity contribution in [2.24, 2.45) is 0 Å². The summed E-state index contributed by atoms with van der Waals surface area (Å²) < 4.78 is 10.7. The number of hydrogen-bond donors (Lipinski definition) is 3. The van der Waals surface area contributed by atoms with Crippen molar-refractivity contribution in [1.29, 1.82) is 0 Å². The Kier molecular flexibility index (Phi) is 7.69. The average molecular weight is 375 g/mol. The molecule has 0 unspecified atom stereocenters. The van der Waals surface area contributed by atoms with Gasteiger partial charge in [-0.15, -0.1) is 0 Å². The van der Waals surface area contributed by atoms with E-state index < -0.39 is 0 Å². The predicted octanol–water partition coefficient (Wildman–Crippen LogP) is 2.27. The maximum absolute atomic E-state index is 5.45. The molecule has 2 aromatic carbocycles. The van der Waals surface area contributed by atoms with Crippen LogP contribution in [-0.2, 0) is 0 Å². The summed E-state index contributed by atoms with van der Waals surface area (Å²) in [4.78, 5) is 1.33. The smallest absolute Gasteiger partial charge is 0.171 e. The largest absolute Gasteiger partial charge is 0.497 e. The number of benzene rings is 2. The van der Waals surface area contributed by atoms with Crippen LogP contribution in [0, 0.1) is 0 Å². The van der Waals surface area contributed by atoms with Gasteiger partial charge in [0.1, 0.15) is 17.5 Å². The Balaban J connectivity index is 1.92. The van der Waals surface area contributed by atoms with E-state index in [1.807, 2.05) is 43.3 Å². The Morgan fingerprint density at radius 2 is 1.65 bits per heavy atom. The first-order valence-corrected chi connectivity index (χ1v) is 9.16. The Hall–Kier alpha value is -2.31. The second kappa shape index (κ2) is 9.99. The summed E-state index contributed by atoms with van der Waals surface area (Å²) >= 11 is 5.43. The third kappa shape index (κ3) is 5.89. The van der Waals surface area contributed by atoms with Gasteiger partial charge in [-0.2, -0.15) is 0 Å². The molecule has 0 heterocycles. The first-order chi connectivity index (χ1) is 12.5. The molecule has 0 aromatic heterocycles. The number of quaternary nitrogens is 1. The molecular weight excluding hydrogens is 346 g/mol. The van der Waals surface area contributed by atoms with Crippen LogP contribution in [0.25, 0.3) is 0 Å². The van der Waals surface area contributed by atoms with Crippen LogP contribution in [0.15, 0.2) is 48.5 Å². The van der Waals surface area contributed by atoms with Crippen molar-refractivity contribution in [3.05, 3.63) is 54.1 Å². The van der Waals surface area contributed by atoms with E-state index in [9.17, 15) is 0 Å². The zero-order chi connectivity index (χ0) is 18.9. The molecule has 2 rings (SSSR count). The van der Waals surface area contributed by atoms with Crippen LogP contribution in [0.4, 0.5) is 5.69 Å². The van der Waals surface area contributed by atoms with Crippen molar-refractivity contribution in [3.8, 4) is 11.5 Å². The molecular formula is C20H28N3O2S+. The SMILES string of the molecule is CCOc1ccc(NC(=S)NC[C@@H](c2ccc(OC)cc2)[NH+](C)C)cc1. The molecule has 0 fully saturated rings. The number of likely N-dealkylation sites (N-methyl/N-ethyl adjacent to an activating group) is 1. The topological polar surface area (TPSA) is 47.0 Å². The number of thiocarbonyl (C=S) groups is 1. The van der Waals surface area contributed by atoms with Crippen LogP contribution in [0.5, 0.6) is 11.5 Å². The van der Waals surface area contributed by atoms with Gasteiger partial charge in [-0.05, 0) is 67.7 Å². The van der Waals surface area contributed by atoms with Crippen LogP contribution in [0.3, 0.4) is 0 Å². The first-order valence-electron chi connectivity index (χ1n) is 8.75. The van der Waals surface area contributed by atoms with Crippen LogP contribution < -0.4 is 25.0 Å². The van der Waals surface area contributed by atoms with Gasteiger partial charge in [0.15, 0.2) is 5.11 Å². The fourth-order valence-electron chi connectivity index (χ4n) is 2.66. The third-order valence-corrected chi connectivity index (χ3v) is 4.35. The van der Waals surface area contributed by atoms with Crippen molar-refractivity contribution >= 4 is 23.0 Å². The second-order valence-corrected chi connectivity index (χ2v) is 6.60. The minimum absolute atomic E-state index is 0.279. The Labute approximate surface area is 161 Å². The summed E-state index contributed by atoms with van der Waals surface area (Å²) in [5, 5.41) is 7.13. The molecule has 0 aliphatic heterocycles. The molecule has 0 aliphatic carbocycles. The van der Waals surface area contributed by atoms with Gasteiger partial charge in [0.05, 0.1) is 34.4 Å². The highest BCUT2D eigenvalue weighted by Crippen LogP contribution is 2.17. The highest BCUT2D eigenvalue weighted by atomic mass is 32.1. The normalized spacial score (nSPS) is 11.7. The molecule has 0 saturated carbocycles. The summed E-state index contributed by atoms with van der Waals surface area (Å²) in [6.45, 7) is 3.36. The van der Waals surface area contributed by atoms with Crippen LogP contribution in [-0.4, -0.2) is 39.5 Å². The molecule has 1 atom stereocenters. The van der Waals surface area contributed by atoms with Crippen LogP contribution in [0.2, 0.25) is 0 Å². The van der Waals surface area contributed by atoms with Crippen molar-refractivity contribution in [2.45, 2.75) is 13.0 Å². The van der Waals surface area contributed by atoms with Gasteiger partial charge in [-0.3, -0.25) is 0 Å². The fraction of sp³-hybridized carbons (Fsp3) is 0.350. The lowest BCUT2D eigenvalue weighted by Crippen LogP contribution is -3.07. The Morgan fingerprint density at radius 1 is 1.04 bits per heavy atom. The number of anilines is 1. The number of methoxy groups -OCH3 is 1. The molecule has 0 amide bonds. The predicted molar refractivity (Wildman–Crippen MR) is 110 cm³/mol. The Bertz CT molecular complexity index is 687. The van der Waals surface area contributed by atoms with Crippen molar-refractivity contribution < 1.29 is 14.4 Å². The van der Waals surface area contributed by atoms with E-state index >= 15 is 0 Å². The molecule has 140 valence electrons. The molecule has 6 heteroatoms. The quantitative estimate of drug-likeness (QED) is 0.619. The monoisotopic (exact) mass is 374 g/mol. The van der Waals surface area contributed by atoms with E-state index in [-0.39, 0.29) is 6.04 Å². The molecule has 0 aliphatic rings. The highest BCUT2D eigenvalue weighted by molar-refractivity contribution is 7.80. The molecule has 0 radical (unpaired) electrons. The van der Waals surface area contributed by atoms with E-state index in [0.717, 1.165) is 23.7 Å². The molecule has 3 N–H and O–H groups in total. The maximum atomic E-state index is 5.45. The minimum Gasteiger partial charge on any atom is -0.497 e. The van der Waals surface area contributed by atoms with Crippen LogP contribution in [0.1, 0.15) is 18.5 Å². The zero-order valence-corrected chi connectivity index (χ0v) is 16.7. The number of rotatable bonds is 8. The summed E-state index contributed by atoms with van der Waals surface area (Å²) in [6.07, 6.45) is 0. The standard InChI is InChI=1S/C20H27N3O2S/c1-5-25-18-12-8-16(9-13-18)22-20(26)21-14-19(23(2)3)15-6-10-17(24-4)11-7-15/h6-13,19H,5,14H2,1-4H3,(H2,21,22,26)/p+1/t19-/m0/s1. The molecule has 0 spiro atoms. The number of hydrogen-bond acceptors (Lipinski definition) is 3. The number of nitrogens with one attached hydrogen (secondary N) is 3. The van der Waals surface area contributed by atoms with Crippen molar-refractivity contribution in [3.63, 3.8) is 0 Å². The third-order valence-electron chi connectivity index (χ3n) is 4.11. The van der Waals surface area contributed by atoms with Gasteiger partial charge in [0.25, 0.3) is 0 Å². The highest BCUT2D eigenvalue weighted by Gasteiger charge is 2.18. The van der Waals surface area contributed by atoms with Gasteiger partial charge < -0.3 is 25.0 Å². The summed E-state index contributed by atoms with van der Waals surface area (Å²) in [5.74, 6) is 1.72. The number of ether oxygens (including phenoxy) is 2.